The molecule has 4 aromatic rings. The summed E-state index contributed by atoms with van der Waals surface area (Å²) in [5.74, 6) is -3.82. The van der Waals surface area contributed by atoms with Crippen LogP contribution in [0.1, 0.15) is 5.56 Å². The molecule has 3 aromatic carbocycles. The van der Waals surface area contributed by atoms with Crippen LogP contribution in [0.4, 0.5) is 14.5 Å². The highest BCUT2D eigenvalue weighted by Crippen LogP contribution is 2.32. The number of fused-ring (bicyclic) bond motifs is 3. The number of alkyl halides is 2. The molecule has 4 rings (SSSR count). The van der Waals surface area contributed by atoms with Crippen molar-refractivity contribution in [1.29, 1.82) is 0 Å². The molecule has 0 atom stereocenters. The lowest BCUT2D eigenvalue weighted by atomic mass is 10.0. The zero-order valence-electron chi connectivity index (χ0n) is 16.1. The van der Waals surface area contributed by atoms with Gasteiger partial charge in [0.25, 0.3) is 11.7 Å². The van der Waals surface area contributed by atoms with Crippen LogP contribution in [0.2, 0.25) is 0 Å². The van der Waals surface area contributed by atoms with Crippen LogP contribution in [0.15, 0.2) is 76.2 Å². The molecule has 158 valence electrons. The fraction of sp³-hybridized carbons (Fsp3) is 0.130. The average molecular weight is 441 g/mol. The standard InChI is InChI=1S/C23H17F2NO4S/c24-23(25)31-19-8-4-3-7-17(19)26-20(27)13-30-21(28)11-15-12-29-18-10-9-14-5-1-2-6-16(14)22(15)18/h1-10,12,23H,11,13H2,(H,26,27). The van der Waals surface area contributed by atoms with Crippen LogP contribution in [0.5, 0.6) is 0 Å². The van der Waals surface area contributed by atoms with Crippen molar-refractivity contribution < 1.29 is 27.5 Å². The first-order valence-corrected chi connectivity index (χ1v) is 10.3. The zero-order valence-corrected chi connectivity index (χ0v) is 17.0. The minimum Gasteiger partial charge on any atom is -0.464 e. The third-order valence-corrected chi connectivity index (χ3v) is 5.40. The molecule has 0 aliphatic carbocycles. The van der Waals surface area contributed by atoms with Gasteiger partial charge in [-0.05, 0) is 29.0 Å². The molecular weight excluding hydrogens is 424 g/mol. The van der Waals surface area contributed by atoms with E-state index < -0.39 is 24.2 Å². The molecule has 1 amide bonds. The molecule has 0 bridgehead atoms. The SMILES string of the molecule is O=C(COC(=O)Cc1coc2ccc3ccccc3c12)Nc1ccccc1SC(F)F. The number of esters is 1. The Kier molecular flexibility index (Phi) is 6.18. The van der Waals surface area contributed by atoms with Crippen molar-refractivity contribution in [3.05, 3.63) is 72.5 Å². The Balaban J connectivity index is 1.40. The van der Waals surface area contributed by atoms with E-state index in [1.165, 1.54) is 18.4 Å². The van der Waals surface area contributed by atoms with Crippen molar-refractivity contribution in [1.82, 2.24) is 0 Å². The van der Waals surface area contributed by atoms with Gasteiger partial charge < -0.3 is 14.5 Å². The molecule has 0 radical (unpaired) electrons. The van der Waals surface area contributed by atoms with Crippen LogP contribution in [-0.2, 0) is 20.7 Å². The van der Waals surface area contributed by atoms with Crippen molar-refractivity contribution in [3.8, 4) is 0 Å². The molecule has 5 nitrogen and oxygen atoms in total. The molecule has 0 aliphatic heterocycles. The molecule has 1 aromatic heterocycles. The molecular formula is C23H17F2NO4S. The average Bonchev–Trinajstić information content (AvgIpc) is 3.16. The molecule has 0 fully saturated rings. The van der Waals surface area contributed by atoms with Crippen LogP contribution >= 0.6 is 11.8 Å². The number of amides is 1. The number of anilines is 1. The lowest BCUT2D eigenvalue weighted by Gasteiger charge is -2.10. The van der Waals surface area contributed by atoms with E-state index >= 15 is 0 Å². The predicted molar refractivity (Wildman–Crippen MR) is 115 cm³/mol. The molecule has 1 heterocycles. The smallest absolute Gasteiger partial charge is 0.310 e. The highest BCUT2D eigenvalue weighted by atomic mass is 32.2. The number of rotatable bonds is 7. The second kappa shape index (κ2) is 9.18. The summed E-state index contributed by atoms with van der Waals surface area (Å²) in [6.07, 6.45) is 1.45. The number of furan rings is 1. The van der Waals surface area contributed by atoms with Gasteiger partial charge in [0.05, 0.1) is 18.4 Å². The van der Waals surface area contributed by atoms with Crippen LogP contribution in [0.25, 0.3) is 21.7 Å². The maximum Gasteiger partial charge on any atom is 0.310 e. The first-order valence-electron chi connectivity index (χ1n) is 9.38. The summed E-state index contributed by atoms with van der Waals surface area (Å²) in [4.78, 5) is 24.7. The third kappa shape index (κ3) is 4.86. The number of para-hydroxylation sites is 1. The summed E-state index contributed by atoms with van der Waals surface area (Å²) >= 11 is 0.330. The fourth-order valence-electron chi connectivity index (χ4n) is 3.31. The summed E-state index contributed by atoms with van der Waals surface area (Å²) in [7, 11) is 0. The predicted octanol–water partition coefficient (Wildman–Crippen LogP) is 5.63. The molecule has 0 aliphatic rings. The van der Waals surface area contributed by atoms with Gasteiger partial charge in [0, 0.05) is 15.8 Å². The van der Waals surface area contributed by atoms with E-state index in [-0.39, 0.29) is 17.0 Å². The van der Waals surface area contributed by atoms with Crippen molar-refractivity contribution in [2.75, 3.05) is 11.9 Å². The quantitative estimate of drug-likeness (QED) is 0.298. The van der Waals surface area contributed by atoms with Crippen molar-refractivity contribution in [2.45, 2.75) is 17.1 Å². The van der Waals surface area contributed by atoms with Crippen molar-refractivity contribution in [2.24, 2.45) is 0 Å². The Hall–Kier alpha value is -3.39. The van der Waals surface area contributed by atoms with E-state index in [1.807, 2.05) is 36.4 Å². The van der Waals surface area contributed by atoms with Gasteiger partial charge in [-0.2, -0.15) is 8.78 Å². The number of hydrogen-bond acceptors (Lipinski definition) is 5. The van der Waals surface area contributed by atoms with Gasteiger partial charge in [0.2, 0.25) is 0 Å². The highest BCUT2D eigenvalue weighted by Gasteiger charge is 2.16. The summed E-state index contributed by atoms with van der Waals surface area (Å²) in [5.41, 5.74) is 1.56. The Morgan fingerprint density at radius 2 is 1.81 bits per heavy atom. The molecule has 0 unspecified atom stereocenters. The normalized spacial score (nSPS) is 11.2. The van der Waals surface area contributed by atoms with Gasteiger partial charge in [-0.1, -0.05) is 54.2 Å². The number of hydrogen-bond donors (Lipinski definition) is 1. The topological polar surface area (TPSA) is 68.5 Å². The van der Waals surface area contributed by atoms with Gasteiger partial charge >= 0.3 is 5.97 Å². The molecule has 0 saturated carbocycles. The van der Waals surface area contributed by atoms with Crippen LogP contribution in [0, 0.1) is 0 Å². The number of carbonyl (C=O) groups is 2. The van der Waals surface area contributed by atoms with Crippen LogP contribution in [0.3, 0.4) is 0 Å². The Bertz CT molecular complexity index is 1250. The van der Waals surface area contributed by atoms with E-state index in [0.29, 0.717) is 22.9 Å². The summed E-state index contributed by atoms with van der Waals surface area (Å²) in [5, 5.41) is 5.31. The molecule has 0 saturated heterocycles. The molecule has 1 N–H and O–H groups in total. The number of benzene rings is 3. The van der Waals surface area contributed by atoms with Crippen molar-refractivity contribution in [3.63, 3.8) is 0 Å². The van der Waals surface area contributed by atoms with Gasteiger partial charge in [-0.25, -0.2) is 0 Å². The lowest BCUT2D eigenvalue weighted by Crippen LogP contribution is -2.22. The molecule has 0 spiro atoms. The van der Waals surface area contributed by atoms with Gasteiger partial charge in [-0.15, -0.1) is 0 Å². The Morgan fingerprint density at radius 3 is 2.65 bits per heavy atom. The van der Waals surface area contributed by atoms with Crippen LogP contribution < -0.4 is 5.32 Å². The van der Waals surface area contributed by atoms with Crippen molar-refractivity contribution >= 4 is 51.1 Å². The maximum atomic E-state index is 12.7. The first-order chi connectivity index (χ1) is 15.0. The van der Waals surface area contributed by atoms with E-state index in [9.17, 15) is 18.4 Å². The zero-order chi connectivity index (χ0) is 21.8. The van der Waals surface area contributed by atoms with E-state index in [4.69, 9.17) is 9.15 Å². The Labute approximate surface area is 180 Å². The van der Waals surface area contributed by atoms with Gasteiger partial charge in [0.1, 0.15) is 5.58 Å². The number of carbonyl (C=O) groups excluding carboxylic acids is 2. The summed E-state index contributed by atoms with van der Waals surface area (Å²) in [6.45, 7) is -0.525. The number of halogens is 2. The number of ether oxygens (including phenoxy) is 1. The van der Waals surface area contributed by atoms with Gasteiger partial charge in [-0.3, -0.25) is 9.59 Å². The molecule has 31 heavy (non-hydrogen) atoms. The summed E-state index contributed by atoms with van der Waals surface area (Å²) < 4.78 is 35.9. The molecule has 8 heteroatoms. The maximum absolute atomic E-state index is 12.7. The van der Waals surface area contributed by atoms with E-state index in [2.05, 4.69) is 5.32 Å². The Morgan fingerprint density at radius 1 is 1.03 bits per heavy atom. The first kappa shape index (κ1) is 20.9. The number of thioether (sulfide) groups is 1. The highest BCUT2D eigenvalue weighted by molar-refractivity contribution is 7.99. The minimum atomic E-state index is -2.61. The van der Waals surface area contributed by atoms with E-state index in [1.54, 1.807) is 12.1 Å². The van der Waals surface area contributed by atoms with Gasteiger partial charge in [0.15, 0.2) is 6.61 Å². The van der Waals surface area contributed by atoms with Crippen LogP contribution in [-0.4, -0.2) is 24.2 Å². The summed E-state index contributed by atoms with van der Waals surface area (Å²) in [6, 6.07) is 17.7. The second-order valence-corrected chi connectivity index (χ2v) is 7.71. The largest absolute Gasteiger partial charge is 0.464 e. The van der Waals surface area contributed by atoms with E-state index in [0.717, 1.165) is 16.2 Å². The lowest BCUT2D eigenvalue weighted by molar-refractivity contribution is -0.146. The second-order valence-electron chi connectivity index (χ2n) is 6.68. The fourth-order valence-corrected chi connectivity index (χ4v) is 3.91. The third-order valence-electron chi connectivity index (χ3n) is 4.62. The minimum absolute atomic E-state index is 0.0634. The number of nitrogens with one attached hydrogen (secondary N) is 1. The monoisotopic (exact) mass is 441 g/mol.